The standard InChI is InChI=1S/C17H25N5O2/c1-9-8-18-6-5-13(9)20-14(23)7-12-10(2)15-16(19-11(12)3)22(4)21-17(15)24/h9,13,18H,5-8H2,1-4H3,(H,20,23)(H,21,24). The third-order valence-electron chi connectivity index (χ3n) is 5.04. The van der Waals surface area contributed by atoms with E-state index in [1.807, 2.05) is 13.8 Å². The maximum atomic E-state index is 12.5. The summed E-state index contributed by atoms with van der Waals surface area (Å²) in [6, 6.07) is 0.205. The minimum Gasteiger partial charge on any atom is -0.353 e. The molecule has 130 valence electrons. The molecule has 7 heteroatoms. The lowest BCUT2D eigenvalue weighted by molar-refractivity contribution is -0.121. The van der Waals surface area contributed by atoms with Crippen molar-refractivity contribution < 1.29 is 4.79 Å². The Morgan fingerprint density at radius 1 is 1.42 bits per heavy atom. The summed E-state index contributed by atoms with van der Waals surface area (Å²) in [6.45, 7) is 7.78. The Bertz CT molecular complexity index is 836. The zero-order valence-corrected chi connectivity index (χ0v) is 14.7. The molecule has 3 rings (SSSR count). The van der Waals surface area contributed by atoms with E-state index < -0.39 is 0 Å². The zero-order valence-electron chi connectivity index (χ0n) is 14.7. The summed E-state index contributed by atoms with van der Waals surface area (Å²) >= 11 is 0. The molecule has 0 aromatic carbocycles. The fourth-order valence-electron chi connectivity index (χ4n) is 3.56. The van der Waals surface area contributed by atoms with Crippen molar-refractivity contribution in [2.75, 3.05) is 13.1 Å². The lowest BCUT2D eigenvalue weighted by Gasteiger charge is -2.30. The highest BCUT2D eigenvalue weighted by Crippen LogP contribution is 2.20. The molecule has 2 atom stereocenters. The highest BCUT2D eigenvalue weighted by Gasteiger charge is 2.24. The van der Waals surface area contributed by atoms with Crippen LogP contribution in [0.3, 0.4) is 0 Å². The van der Waals surface area contributed by atoms with Crippen LogP contribution in [-0.2, 0) is 18.3 Å². The molecule has 24 heavy (non-hydrogen) atoms. The van der Waals surface area contributed by atoms with Gasteiger partial charge in [-0.15, -0.1) is 0 Å². The molecule has 0 saturated carbocycles. The number of aryl methyl sites for hydroxylation is 3. The van der Waals surface area contributed by atoms with Gasteiger partial charge in [0.25, 0.3) is 5.56 Å². The number of hydrogen-bond donors (Lipinski definition) is 3. The van der Waals surface area contributed by atoms with Gasteiger partial charge in [-0.3, -0.25) is 19.4 Å². The molecule has 0 spiro atoms. The molecule has 7 nitrogen and oxygen atoms in total. The number of pyridine rings is 1. The number of fused-ring (bicyclic) bond motifs is 1. The van der Waals surface area contributed by atoms with Gasteiger partial charge in [-0.25, -0.2) is 4.98 Å². The van der Waals surface area contributed by atoms with Crippen LogP contribution in [-0.4, -0.2) is 39.8 Å². The first-order chi connectivity index (χ1) is 11.4. The van der Waals surface area contributed by atoms with Crippen LogP contribution in [0, 0.1) is 19.8 Å². The molecule has 0 bridgehead atoms. The van der Waals surface area contributed by atoms with E-state index in [0.717, 1.165) is 36.3 Å². The van der Waals surface area contributed by atoms with Crippen molar-refractivity contribution in [3.05, 3.63) is 27.2 Å². The molecule has 1 saturated heterocycles. The van der Waals surface area contributed by atoms with E-state index in [1.165, 1.54) is 0 Å². The van der Waals surface area contributed by atoms with Gasteiger partial charge in [-0.2, -0.15) is 0 Å². The van der Waals surface area contributed by atoms with Gasteiger partial charge >= 0.3 is 0 Å². The van der Waals surface area contributed by atoms with Crippen LogP contribution in [0.1, 0.15) is 30.2 Å². The van der Waals surface area contributed by atoms with Crippen LogP contribution >= 0.6 is 0 Å². The Morgan fingerprint density at radius 2 is 2.17 bits per heavy atom. The summed E-state index contributed by atoms with van der Waals surface area (Å²) in [5.74, 6) is 0.413. The number of nitrogens with zero attached hydrogens (tertiary/aromatic N) is 2. The Labute approximate surface area is 140 Å². The molecule has 1 aliphatic heterocycles. The minimum atomic E-state index is -0.161. The number of aromatic amines is 1. The number of H-pyrrole nitrogens is 1. The van der Waals surface area contributed by atoms with E-state index in [-0.39, 0.29) is 23.9 Å². The minimum absolute atomic E-state index is 0.00606. The van der Waals surface area contributed by atoms with Gasteiger partial charge < -0.3 is 10.6 Å². The fourth-order valence-corrected chi connectivity index (χ4v) is 3.56. The highest BCUT2D eigenvalue weighted by molar-refractivity contribution is 5.84. The van der Waals surface area contributed by atoms with Gasteiger partial charge in [0.2, 0.25) is 5.91 Å². The second-order valence-corrected chi connectivity index (χ2v) is 6.82. The molecule has 2 aromatic heterocycles. The molecule has 2 unspecified atom stereocenters. The van der Waals surface area contributed by atoms with Crippen molar-refractivity contribution >= 4 is 16.9 Å². The summed E-state index contributed by atoms with van der Waals surface area (Å²) in [5.41, 5.74) is 2.95. The van der Waals surface area contributed by atoms with Crippen molar-refractivity contribution in [1.29, 1.82) is 0 Å². The first kappa shape index (κ1) is 16.7. The second kappa shape index (κ2) is 6.39. The zero-order chi connectivity index (χ0) is 17.4. The van der Waals surface area contributed by atoms with Crippen LogP contribution in [0.5, 0.6) is 0 Å². The second-order valence-electron chi connectivity index (χ2n) is 6.82. The number of amides is 1. The van der Waals surface area contributed by atoms with Gasteiger partial charge in [-0.05, 0) is 50.4 Å². The first-order valence-electron chi connectivity index (χ1n) is 8.43. The van der Waals surface area contributed by atoms with E-state index in [1.54, 1.807) is 11.7 Å². The molecule has 1 aliphatic rings. The lowest BCUT2D eigenvalue weighted by atomic mass is 9.94. The third-order valence-corrected chi connectivity index (χ3v) is 5.04. The Hall–Kier alpha value is -2.15. The van der Waals surface area contributed by atoms with E-state index in [0.29, 0.717) is 17.0 Å². The molecule has 3 heterocycles. The smallest absolute Gasteiger partial charge is 0.273 e. The summed E-state index contributed by atoms with van der Waals surface area (Å²) in [5, 5.41) is 9.77. The quantitative estimate of drug-likeness (QED) is 0.765. The van der Waals surface area contributed by atoms with E-state index in [9.17, 15) is 9.59 Å². The van der Waals surface area contributed by atoms with Crippen LogP contribution in [0.4, 0.5) is 0 Å². The van der Waals surface area contributed by atoms with Gasteiger partial charge in [0.05, 0.1) is 11.8 Å². The largest absolute Gasteiger partial charge is 0.353 e. The van der Waals surface area contributed by atoms with Gasteiger partial charge in [0.15, 0.2) is 5.65 Å². The van der Waals surface area contributed by atoms with Crippen LogP contribution in [0.15, 0.2) is 4.79 Å². The number of piperidine rings is 1. The van der Waals surface area contributed by atoms with E-state index in [2.05, 4.69) is 27.6 Å². The average molecular weight is 331 g/mol. The van der Waals surface area contributed by atoms with Crippen molar-refractivity contribution in [2.45, 2.75) is 39.7 Å². The SMILES string of the molecule is Cc1nc2c(c(C)c1CC(=O)NC1CCNCC1C)c(=O)[nH]n2C. The predicted molar refractivity (Wildman–Crippen MR) is 93.1 cm³/mol. The maximum Gasteiger partial charge on any atom is 0.273 e. The third kappa shape index (κ3) is 2.96. The summed E-state index contributed by atoms with van der Waals surface area (Å²) in [6.07, 6.45) is 1.20. The number of rotatable bonds is 3. The molecule has 0 radical (unpaired) electrons. The van der Waals surface area contributed by atoms with Gasteiger partial charge in [0.1, 0.15) is 0 Å². The summed E-state index contributed by atoms with van der Waals surface area (Å²) in [4.78, 5) is 29.1. The number of aromatic nitrogens is 3. The topological polar surface area (TPSA) is 91.8 Å². The molecular formula is C17H25N5O2. The highest BCUT2D eigenvalue weighted by atomic mass is 16.1. The average Bonchev–Trinajstić information content (AvgIpc) is 2.80. The molecule has 1 fully saturated rings. The molecule has 3 N–H and O–H groups in total. The van der Waals surface area contributed by atoms with Gasteiger partial charge in [-0.1, -0.05) is 6.92 Å². The van der Waals surface area contributed by atoms with Crippen molar-refractivity contribution in [2.24, 2.45) is 13.0 Å². The Balaban J connectivity index is 1.85. The van der Waals surface area contributed by atoms with Crippen molar-refractivity contribution in [1.82, 2.24) is 25.4 Å². The predicted octanol–water partition coefficient (Wildman–Crippen LogP) is 0.535. The molecule has 0 aliphatic carbocycles. The number of carbonyl (C=O) groups is 1. The number of nitrogens with one attached hydrogen (secondary N) is 3. The van der Waals surface area contributed by atoms with Gasteiger partial charge in [0, 0.05) is 18.8 Å². The van der Waals surface area contributed by atoms with Crippen molar-refractivity contribution in [3.63, 3.8) is 0 Å². The van der Waals surface area contributed by atoms with E-state index in [4.69, 9.17) is 0 Å². The van der Waals surface area contributed by atoms with Crippen LogP contribution < -0.4 is 16.2 Å². The Morgan fingerprint density at radius 3 is 2.88 bits per heavy atom. The molecule has 2 aromatic rings. The monoisotopic (exact) mass is 331 g/mol. The summed E-state index contributed by atoms with van der Waals surface area (Å²) < 4.78 is 1.62. The first-order valence-corrected chi connectivity index (χ1v) is 8.43. The van der Waals surface area contributed by atoms with E-state index >= 15 is 0 Å². The maximum absolute atomic E-state index is 12.5. The fraction of sp³-hybridized carbons (Fsp3) is 0.588. The normalized spacial score (nSPS) is 21.2. The Kier molecular flexibility index (Phi) is 4.45. The van der Waals surface area contributed by atoms with Crippen molar-refractivity contribution in [3.8, 4) is 0 Å². The van der Waals surface area contributed by atoms with Crippen LogP contribution in [0.2, 0.25) is 0 Å². The molecular weight excluding hydrogens is 306 g/mol. The lowest BCUT2D eigenvalue weighted by Crippen LogP contribution is -2.48. The number of carbonyl (C=O) groups excluding carboxylic acids is 1. The molecule has 1 amide bonds. The number of hydrogen-bond acceptors (Lipinski definition) is 4. The summed E-state index contributed by atoms with van der Waals surface area (Å²) in [7, 11) is 1.76. The van der Waals surface area contributed by atoms with Crippen LogP contribution in [0.25, 0.3) is 11.0 Å².